The first-order valence-corrected chi connectivity index (χ1v) is 17.4. The van der Waals surface area contributed by atoms with E-state index in [0.29, 0.717) is 22.2 Å². The number of anilines is 1. The molecule has 4 rings (SSSR count). The fourth-order valence-corrected chi connectivity index (χ4v) is 6.96. The van der Waals surface area contributed by atoms with Crippen LogP contribution in [-0.2, 0) is 32.6 Å². The Morgan fingerprint density at radius 3 is 2.09 bits per heavy atom. The van der Waals surface area contributed by atoms with Crippen molar-refractivity contribution in [3.8, 4) is 5.75 Å². The summed E-state index contributed by atoms with van der Waals surface area (Å²) in [6.45, 7) is 5.40. The van der Waals surface area contributed by atoms with E-state index in [2.05, 4.69) is 5.32 Å². The summed E-state index contributed by atoms with van der Waals surface area (Å²) in [4.78, 5) is 30.0. The van der Waals surface area contributed by atoms with Gasteiger partial charge in [0.25, 0.3) is 10.0 Å². The normalized spacial score (nSPS) is 12.0. The van der Waals surface area contributed by atoms with E-state index in [9.17, 15) is 18.0 Å². The number of para-hydroxylation sites is 2. The van der Waals surface area contributed by atoms with Gasteiger partial charge in [-0.3, -0.25) is 13.9 Å². The second kappa shape index (κ2) is 16.2. The molecule has 4 aromatic carbocycles. The van der Waals surface area contributed by atoms with Crippen LogP contribution in [-0.4, -0.2) is 51.4 Å². The van der Waals surface area contributed by atoms with Gasteiger partial charge in [-0.25, -0.2) is 8.42 Å². The number of rotatable bonds is 14. The summed E-state index contributed by atoms with van der Waals surface area (Å²) >= 11 is 13.2. The van der Waals surface area contributed by atoms with E-state index in [1.807, 2.05) is 51.1 Å². The average molecular weight is 697 g/mol. The molecule has 248 valence electrons. The summed E-state index contributed by atoms with van der Waals surface area (Å²) in [6.07, 6.45) is 0.165. The minimum atomic E-state index is -4.29. The van der Waals surface area contributed by atoms with Crippen LogP contribution in [0.2, 0.25) is 10.0 Å². The topological polar surface area (TPSA) is 96.0 Å². The number of amides is 2. The monoisotopic (exact) mass is 695 g/mol. The van der Waals surface area contributed by atoms with E-state index in [-0.39, 0.29) is 41.1 Å². The van der Waals surface area contributed by atoms with Crippen LogP contribution in [0, 0.1) is 12.8 Å². The summed E-state index contributed by atoms with van der Waals surface area (Å²) < 4.78 is 35.1. The molecule has 1 unspecified atom stereocenters. The van der Waals surface area contributed by atoms with Crippen molar-refractivity contribution in [2.45, 2.75) is 44.7 Å². The lowest BCUT2D eigenvalue weighted by Gasteiger charge is -2.34. The number of methoxy groups -OCH3 is 1. The number of carbonyl (C=O) groups excluding carboxylic acids is 2. The molecular weight excluding hydrogens is 657 g/mol. The average Bonchev–Trinajstić information content (AvgIpc) is 3.05. The molecule has 0 radical (unpaired) electrons. The molecule has 1 atom stereocenters. The van der Waals surface area contributed by atoms with Crippen molar-refractivity contribution in [1.82, 2.24) is 10.2 Å². The fourth-order valence-electron chi connectivity index (χ4n) is 5.02. The molecule has 1 N–H and O–H groups in total. The van der Waals surface area contributed by atoms with Gasteiger partial charge in [0.2, 0.25) is 11.8 Å². The molecule has 11 heteroatoms. The zero-order valence-electron chi connectivity index (χ0n) is 26.8. The molecule has 0 fully saturated rings. The first-order valence-electron chi connectivity index (χ1n) is 15.2. The number of aryl methyl sites for hydroxylation is 1. The molecular formula is C36H39Cl2N3O5S. The Balaban J connectivity index is 1.86. The van der Waals surface area contributed by atoms with Crippen LogP contribution in [0.15, 0.2) is 102 Å². The van der Waals surface area contributed by atoms with E-state index in [1.165, 1.54) is 24.1 Å². The summed E-state index contributed by atoms with van der Waals surface area (Å²) in [5.74, 6) is -0.612. The number of nitrogens with one attached hydrogen (secondary N) is 1. The van der Waals surface area contributed by atoms with E-state index < -0.39 is 28.5 Å². The van der Waals surface area contributed by atoms with Gasteiger partial charge in [0.15, 0.2) is 0 Å². The molecule has 0 bridgehead atoms. The fraction of sp³-hybridized carbons (Fsp3) is 0.278. The Morgan fingerprint density at radius 1 is 0.851 bits per heavy atom. The summed E-state index contributed by atoms with van der Waals surface area (Å²) in [5.41, 5.74) is 2.30. The smallest absolute Gasteiger partial charge is 0.264 e. The second-order valence-electron chi connectivity index (χ2n) is 11.6. The number of carbonyl (C=O) groups is 2. The second-order valence-corrected chi connectivity index (χ2v) is 14.2. The van der Waals surface area contributed by atoms with E-state index in [1.54, 1.807) is 54.6 Å². The van der Waals surface area contributed by atoms with Crippen LogP contribution in [0.1, 0.15) is 30.5 Å². The van der Waals surface area contributed by atoms with E-state index in [4.69, 9.17) is 27.9 Å². The van der Waals surface area contributed by atoms with Crippen LogP contribution < -0.4 is 14.4 Å². The molecule has 0 aliphatic heterocycles. The first-order chi connectivity index (χ1) is 22.4. The number of hydrogen-bond donors (Lipinski definition) is 1. The minimum absolute atomic E-state index is 0.00184. The molecule has 0 aliphatic carbocycles. The number of ether oxygens (including phenoxy) is 1. The number of nitrogens with zero attached hydrogens (tertiary/aromatic N) is 2. The summed E-state index contributed by atoms with van der Waals surface area (Å²) in [6, 6.07) is 26.2. The summed E-state index contributed by atoms with van der Waals surface area (Å²) in [5, 5.41) is 3.59. The Labute approximate surface area is 287 Å². The lowest BCUT2D eigenvalue weighted by atomic mass is 10.0. The molecule has 0 aliphatic rings. The van der Waals surface area contributed by atoms with Crippen molar-refractivity contribution in [3.63, 3.8) is 0 Å². The first kappa shape index (κ1) is 35.8. The Morgan fingerprint density at radius 2 is 1.47 bits per heavy atom. The van der Waals surface area contributed by atoms with Crippen molar-refractivity contribution in [3.05, 3.63) is 124 Å². The van der Waals surface area contributed by atoms with Gasteiger partial charge < -0.3 is 15.0 Å². The number of halogens is 2. The number of benzene rings is 4. The van der Waals surface area contributed by atoms with Gasteiger partial charge in [0, 0.05) is 35.1 Å². The van der Waals surface area contributed by atoms with Crippen molar-refractivity contribution in [1.29, 1.82) is 0 Å². The minimum Gasteiger partial charge on any atom is -0.495 e. The van der Waals surface area contributed by atoms with Crippen LogP contribution in [0.3, 0.4) is 0 Å². The molecule has 0 spiro atoms. The lowest BCUT2D eigenvalue weighted by molar-refractivity contribution is -0.140. The van der Waals surface area contributed by atoms with Crippen molar-refractivity contribution in [2.75, 3.05) is 24.5 Å². The maximum atomic E-state index is 14.7. The summed E-state index contributed by atoms with van der Waals surface area (Å²) in [7, 11) is -2.87. The van der Waals surface area contributed by atoms with E-state index in [0.717, 1.165) is 15.4 Å². The van der Waals surface area contributed by atoms with Gasteiger partial charge in [0.05, 0.1) is 17.7 Å². The number of sulfonamides is 1. The lowest BCUT2D eigenvalue weighted by Crippen LogP contribution is -2.53. The third-order valence-electron chi connectivity index (χ3n) is 7.59. The Hall–Kier alpha value is -4.05. The molecule has 0 heterocycles. The maximum absolute atomic E-state index is 14.7. The largest absolute Gasteiger partial charge is 0.495 e. The van der Waals surface area contributed by atoms with Gasteiger partial charge >= 0.3 is 0 Å². The van der Waals surface area contributed by atoms with Gasteiger partial charge in [-0.05, 0) is 54.8 Å². The van der Waals surface area contributed by atoms with Crippen molar-refractivity contribution >= 4 is 50.7 Å². The molecule has 0 saturated carbocycles. The molecule has 4 aromatic rings. The number of hydrogen-bond acceptors (Lipinski definition) is 5. The van der Waals surface area contributed by atoms with Gasteiger partial charge in [-0.15, -0.1) is 0 Å². The van der Waals surface area contributed by atoms with Crippen LogP contribution >= 0.6 is 23.2 Å². The Bertz CT molecular complexity index is 1760. The highest BCUT2D eigenvalue weighted by Gasteiger charge is 2.36. The van der Waals surface area contributed by atoms with Crippen molar-refractivity contribution in [2.24, 2.45) is 5.92 Å². The van der Waals surface area contributed by atoms with Gasteiger partial charge in [0.1, 0.15) is 18.3 Å². The molecule has 8 nitrogen and oxygen atoms in total. The molecule has 47 heavy (non-hydrogen) atoms. The molecule has 2 amide bonds. The highest BCUT2D eigenvalue weighted by atomic mass is 35.5. The molecule has 0 aromatic heterocycles. The predicted octanol–water partition coefficient (Wildman–Crippen LogP) is 6.92. The zero-order valence-corrected chi connectivity index (χ0v) is 29.1. The zero-order chi connectivity index (χ0) is 34.1. The van der Waals surface area contributed by atoms with Crippen LogP contribution in [0.4, 0.5) is 5.69 Å². The standard InChI is InChI=1S/C36H39Cl2N3O5S/c1-25(2)22-39-36(43)33(21-27-11-6-5-7-12-27)40(23-29-30(37)13-10-14-31(29)38)35(42)24-41(32-15-8-9-16-34(32)46-4)47(44,45)28-19-17-26(3)18-20-28/h5-20,25,33H,21-24H2,1-4H3,(H,39,43). The predicted molar refractivity (Wildman–Crippen MR) is 187 cm³/mol. The quantitative estimate of drug-likeness (QED) is 0.155. The Kier molecular flexibility index (Phi) is 12.3. The maximum Gasteiger partial charge on any atom is 0.264 e. The highest BCUT2D eigenvalue weighted by molar-refractivity contribution is 7.92. The van der Waals surface area contributed by atoms with Crippen LogP contribution in [0.5, 0.6) is 5.75 Å². The third-order valence-corrected chi connectivity index (χ3v) is 10.1. The SMILES string of the molecule is COc1ccccc1N(CC(=O)N(Cc1c(Cl)cccc1Cl)C(Cc1ccccc1)C(=O)NCC(C)C)S(=O)(=O)c1ccc(C)cc1. The molecule has 0 saturated heterocycles. The van der Waals surface area contributed by atoms with Gasteiger partial charge in [-0.2, -0.15) is 0 Å². The highest BCUT2D eigenvalue weighted by Crippen LogP contribution is 2.33. The van der Waals surface area contributed by atoms with Crippen molar-refractivity contribution < 1.29 is 22.7 Å². The van der Waals surface area contributed by atoms with Gasteiger partial charge in [-0.1, -0.05) is 103 Å². The van der Waals surface area contributed by atoms with Crippen LogP contribution in [0.25, 0.3) is 0 Å². The van der Waals surface area contributed by atoms with E-state index >= 15 is 0 Å². The third kappa shape index (κ3) is 9.06.